The van der Waals surface area contributed by atoms with Gasteiger partial charge in [-0.3, -0.25) is 4.79 Å². The Morgan fingerprint density at radius 2 is 2.07 bits per heavy atom. The third kappa shape index (κ3) is 1.61. The fourth-order valence-corrected chi connectivity index (χ4v) is 1.02. The first-order valence-corrected chi connectivity index (χ1v) is 3.86. The highest BCUT2D eigenvalue weighted by atomic mass is 16.5. The molecule has 1 aromatic rings. The van der Waals surface area contributed by atoms with Crippen LogP contribution in [0, 0.1) is 6.92 Å². The van der Waals surface area contributed by atoms with Crippen LogP contribution in [0.4, 0.5) is 0 Å². The van der Waals surface area contributed by atoms with Gasteiger partial charge in [-0.15, -0.1) is 0 Å². The predicted molar refractivity (Wildman–Crippen MR) is 47.6 cm³/mol. The van der Waals surface area contributed by atoms with Gasteiger partial charge >= 0.3 is 5.97 Å². The van der Waals surface area contributed by atoms with Gasteiger partial charge in [0.25, 0.3) is 0 Å². The Balaban J connectivity index is 3.36. The van der Waals surface area contributed by atoms with E-state index in [2.05, 4.69) is 4.74 Å². The van der Waals surface area contributed by atoms with Gasteiger partial charge in [-0.25, -0.2) is 4.79 Å². The van der Waals surface area contributed by atoms with Crippen LogP contribution in [-0.2, 0) is 4.74 Å². The molecular weight excluding hydrogens is 188 g/mol. The van der Waals surface area contributed by atoms with Crippen molar-refractivity contribution < 1.29 is 18.7 Å². The molecule has 14 heavy (non-hydrogen) atoms. The Bertz CT molecular complexity index is 404. The molecule has 0 aliphatic heterocycles. The maximum Gasteiger partial charge on any atom is 0.345 e. The maximum absolute atomic E-state index is 11.5. The Labute approximate surface area is 80.2 Å². The molecule has 0 aliphatic rings. The highest BCUT2D eigenvalue weighted by Crippen LogP contribution is 2.12. The third-order valence-electron chi connectivity index (χ3n) is 1.73. The molecule has 0 fully saturated rings. The lowest BCUT2D eigenvalue weighted by atomic mass is 10.2. The molecule has 0 radical (unpaired) electrons. The minimum Gasteiger partial charge on any atom is -0.490 e. The van der Waals surface area contributed by atoms with Crippen LogP contribution in [0.5, 0.6) is 5.75 Å². The Hall–Kier alpha value is -1.78. The number of ether oxygens (including phenoxy) is 2. The van der Waals surface area contributed by atoms with Gasteiger partial charge in [0.15, 0.2) is 0 Å². The van der Waals surface area contributed by atoms with Crippen LogP contribution < -0.4 is 10.2 Å². The lowest BCUT2D eigenvalue weighted by molar-refractivity contribution is 0.0595. The molecule has 0 atom stereocenters. The van der Waals surface area contributed by atoms with Crippen LogP contribution in [0.3, 0.4) is 0 Å². The fourth-order valence-electron chi connectivity index (χ4n) is 1.02. The summed E-state index contributed by atoms with van der Waals surface area (Å²) in [4.78, 5) is 22.6. The predicted octanol–water partition coefficient (Wildman–Crippen LogP) is 0.743. The summed E-state index contributed by atoms with van der Waals surface area (Å²) in [7, 11) is 2.52. The van der Waals surface area contributed by atoms with E-state index in [9.17, 15) is 9.59 Å². The number of hydrogen-bond acceptors (Lipinski definition) is 5. The summed E-state index contributed by atoms with van der Waals surface area (Å²) in [6, 6.07) is 0. The van der Waals surface area contributed by atoms with E-state index in [1.54, 1.807) is 6.92 Å². The number of esters is 1. The molecule has 76 valence electrons. The van der Waals surface area contributed by atoms with Crippen LogP contribution in [0.25, 0.3) is 0 Å². The number of carbonyl (C=O) groups is 1. The minimum atomic E-state index is -0.739. The maximum atomic E-state index is 11.5. The fraction of sp³-hybridized carbons (Fsp3) is 0.333. The minimum absolute atomic E-state index is 0.0212. The van der Waals surface area contributed by atoms with Crippen LogP contribution in [0.2, 0.25) is 0 Å². The molecule has 1 aromatic heterocycles. The Morgan fingerprint density at radius 3 is 2.57 bits per heavy atom. The summed E-state index contributed by atoms with van der Waals surface area (Å²) in [5, 5.41) is 0. The molecule has 5 heteroatoms. The number of carbonyl (C=O) groups excluding carboxylic acids is 1. The van der Waals surface area contributed by atoms with E-state index >= 15 is 0 Å². The molecule has 0 saturated heterocycles. The summed E-state index contributed by atoms with van der Waals surface area (Å²) in [5.74, 6) is -0.393. The molecular formula is C9H10O5. The van der Waals surface area contributed by atoms with Crippen LogP contribution in [-0.4, -0.2) is 20.2 Å². The van der Waals surface area contributed by atoms with Gasteiger partial charge in [-0.1, -0.05) is 0 Å². The van der Waals surface area contributed by atoms with Crippen LogP contribution in [0.15, 0.2) is 15.5 Å². The van der Waals surface area contributed by atoms with Crippen molar-refractivity contribution in [3.8, 4) is 5.75 Å². The van der Waals surface area contributed by atoms with E-state index < -0.39 is 11.4 Å². The molecule has 0 saturated carbocycles. The van der Waals surface area contributed by atoms with Crippen molar-refractivity contribution in [2.75, 3.05) is 14.2 Å². The summed E-state index contributed by atoms with van der Waals surface area (Å²) in [6.07, 6.45) is 1.06. The van der Waals surface area contributed by atoms with Crippen molar-refractivity contribution >= 4 is 5.97 Å². The van der Waals surface area contributed by atoms with E-state index in [4.69, 9.17) is 9.15 Å². The second-order valence-electron chi connectivity index (χ2n) is 2.56. The second kappa shape index (κ2) is 3.95. The average Bonchev–Trinajstić information content (AvgIpc) is 2.18. The zero-order chi connectivity index (χ0) is 10.7. The Morgan fingerprint density at radius 1 is 1.43 bits per heavy atom. The topological polar surface area (TPSA) is 65.7 Å². The van der Waals surface area contributed by atoms with Crippen molar-refractivity contribution in [1.82, 2.24) is 0 Å². The first-order valence-electron chi connectivity index (χ1n) is 3.86. The number of rotatable bonds is 2. The summed E-state index contributed by atoms with van der Waals surface area (Å²) < 4.78 is 14.2. The zero-order valence-electron chi connectivity index (χ0n) is 8.12. The summed E-state index contributed by atoms with van der Waals surface area (Å²) in [5.41, 5.74) is -0.696. The van der Waals surface area contributed by atoms with Crippen molar-refractivity contribution in [3.63, 3.8) is 0 Å². The van der Waals surface area contributed by atoms with Gasteiger partial charge in [-0.05, 0) is 6.92 Å². The quantitative estimate of drug-likeness (QED) is 0.656. The average molecular weight is 198 g/mol. The molecule has 0 N–H and O–H groups in total. The van der Waals surface area contributed by atoms with Gasteiger partial charge in [-0.2, -0.15) is 0 Å². The van der Waals surface area contributed by atoms with Crippen LogP contribution in [0.1, 0.15) is 16.1 Å². The van der Waals surface area contributed by atoms with E-state index in [1.165, 1.54) is 14.2 Å². The highest BCUT2D eigenvalue weighted by Gasteiger charge is 2.17. The highest BCUT2D eigenvalue weighted by molar-refractivity contribution is 5.89. The largest absolute Gasteiger partial charge is 0.490 e. The molecule has 0 amide bonds. The van der Waals surface area contributed by atoms with E-state index in [-0.39, 0.29) is 11.3 Å². The third-order valence-corrected chi connectivity index (χ3v) is 1.73. The normalized spacial score (nSPS) is 9.64. The smallest absolute Gasteiger partial charge is 0.345 e. The molecule has 1 rings (SSSR count). The van der Waals surface area contributed by atoms with Gasteiger partial charge in [0.2, 0.25) is 11.2 Å². The lowest BCUT2D eigenvalue weighted by Gasteiger charge is -2.03. The van der Waals surface area contributed by atoms with Gasteiger partial charge in [0, 0.05) is 0 Å². The summed E-state index contributed by atoms with van der Waals surface area (Å²) in [6.45, 7) is 1.57. The van der Waals surface area contributed by atoms with Crippen molar-refractivity contribution in [1.29, 1.82) is 0 Å². The number of aryl methyl sites for hydroxylation is 1. The van der Waals surface area contributed by atoms with Crippen molar-refractivity contribution in [3.05, 3.63) is 27.8 Å². The molecule has 1 heterocycles. The standard InChI is InChI=1S/C9H10O5/c1-5-8(12-2)7(10)6(4-14-5)9(11)13-3/h4H,1-3H3. The summed E-state index contributed by atoms with van der Waals surface area (Å²) >= 11 is 0. The van der Waals surface area contributed by atoms with Crippen LogP contribution >= 0.6 is 0 Å². The first-order chi connectivity index (χ1) is 6.61. The van der Waals surface area contributed by atoms with E-state index in [1.807, 2.05) is 0 Å². The zero-order valence-corrected chi connectivity index (χ0v) is 8.12. The molecule has 0 spiro atoms. The first kappa shape index (κ1) is 10.3. The molecule has 0 aliphatic carbocycles. The molecule has 5 nitrogen and oxygen atoms in total. The van der Waals surface area contributed by atoms with E-state index in [0.29, 0.717) is 5.76 Å². The molecule has 0 bridgehead atoms. The van der Waals surface area contributed by atoms with Crippen molar-refractivity contribution in [2.45, 2.75) is 6.92 Å². The SMILES string of the molecule is COC(=O)c1coc(C)c(OC)c1=O. The van der Waals surface area contributed by atoms with Gasteiger partial charge in [0.1, 0.15) is 17.6 Å². The lowest BCUT2D eigenvalue weighted by Crippen LogP contribution is -2.18. The van der Waals surface area contributed by atoms with Crippen molar-refractivity contribution in [2.24, 2.45) is 0 Å². The van der Waals surface area contributed by atoms with Gasteiger partial charge in [0.05, 0.1) is 14.2 Å². The number of hydrogen-bond donors (Lipinski definition) is 0. The van der Waals surface area contributed by atoms with E-state index in [0.717, 1.165) is 6.26 Å². The number of methoxy groups -OCH3 is 2. The van der Waals surface area contributed by atoms with Gasteiger partial charge < -0.3 is 13.9 Å². The second-order valence-corrected chi connectivity index (χ2v) is 2.56. The Kier molecular flexibility index (Phi) is 2.91. The molecule has 0 unspecified atom stereocenters. The molecule has 0 aromatic carbocycles. The monoisotopic (exact) mass is 198 g/mol.